The van der Waals surface area contributed by atoms with Crippen LogP contribution in [-0.2, 0) is 11.0 Å². The molecule has 0 aliphatic rings. The molecule has 0 radical (unpaired) electrons. The van der Waals surface area contributed by atoms with E-state index in [0.717, 1.165) is 6.07 Å². The van der Waals surface area contributed by atoms with Crippen LogP contribution < -0.4 is 5.32 Å². The maximum Gasteiger partial charge on any atom is 0.416 e. The molecule has 21 heavy (non-hydrogen) atoms. The molecule has 0 saturated heterocycles. The summed E-state index contributed by atoms with van der Waals surface area (Å²) < 4.78 is 38.8. The fourth-order valence-electron chi connectivity index (χ4n) is 2.04. The summed E-state index contributed by atoms with van der Waals surface area (Å²) in [6.07, 6.45) is -4.51. The van der Waals surface area contributed by atoms with Gasteiger partial charge in [-0.05, 0) is 31.4 Å². The van der Waals surface area contributed by atoms with Crippen molar-refractivity contribution in [2.45, 2.75) is 44.8 Å². The third-order valence-electron chi connectivity index (χ3n) is 3.16. The van der Waals surface area contributed by atoms with Crippen LogP contribution in [0.5, 0.6) is 0 Å². The molecule has 0 fully saturated rings. The second-order valence-corrected chi connectivity index (χ2v) is 5.78. The van der Waals surface area contributed by atoms with Crippen LogP contribution in [-0.4, -0.2) is 23.2 Å². The Morgan fingerprint density at radius 2 is 1.86 bits per heavy atom. The summed E-state index contributed by atoms with van der Waals surface area (Å²) in [5.74, 6) is -0.962. The van der Waals surface area contributed by atoms with Crippen LogP contribution in [0.15, 0.2) is 24.3 Å². The van der Waals surface area contributed by atoms with Gasteiger partial charge in [0.25, 0.3) is 0 Å². The average molecular weight is 303 g/mol. The van der Waals surface area contributed by atoms with Gasteiger partial charge in [-0.1, -0.05) is 25.1 Å². The normalized spacial score (nSPS) is 13.9. The van der Waals surface area contributed by atoms with Crippen molar-refractivity contribution in [1.82, 2.24) is 5.32 Å². The van der Waals surface area contributed by atoms with E-state index >= 15 is 0 Å². The van der Waals surface area contributed by atoms with E-state index in [1.54, 1.807) is 20.8 Å². The number of carbonyl (C=O) groups excluding carboxylic acids is 1. The molecule has 0 aromatic heterocycles. The summed E-state index contributed by atoms with van der Waals surface area (Å²) in [5.41, 5.74) is -1.41. The van der Waals surface area contributed by atoms with E-state index in [1.807, 2.05) is 0 Å². The molecule has 1 unspecified atom stereocenters. The van der Waals surface area contributed by atoms with Crippen molar-refractivity contribution in [1.29, 1.82) is 0 Å². The van der Waals surface area contributed by atoms with Gasteiger partial charge in [-0.2, -0.15) is 13.2 Å². The van der Waals surface area contributed by atoms with Crippen molar-refractivity contribution >= 4 is 5.91 Å². The van der Waals surface area contributed by atoms with Crippen LogP contribution in [0.1, 0.15) is 44.2 Å². The van der Waals surface area contributed by atoms with Gasteiger partial charge in [0.1, 0.15) is 0 Å². The highest BCUT2D eigenvalue weighted by atomic mass is 19.4. The molecule has 0 bridgehead atoms. The van der Waals surface area contributed by atoms with Crippen molar-refractivity contribution in [3.05, 3.63) is 35.4 Å². The summed E-state index contributed by atoms with van der Waals surface area (Å²) in [6, 6.07) is 5.25. The second-order valence-electron chi connectivity index (χ2n) is 5.78. The fourth-order valence-corrected chi connectivity index (χ4v) is 2.04. The number of alkyl halides is 3. The minimum Gasteiger partial charge on any atom is -0.394 e. The van der Waals surface area contributed by atoms with Gasteiger partial charge in [0.15, 0.2) is 0 Å². The molecule has 1 amide bonds. The topological polar surface area (TPSA) is 49.3 Å². The third-order valence-corrected chi connectivity index (χ3v) is 3.16. The number of benzene rings is 1. The fraction of sp³-hybridized carbons (Fsp3) is 0.533. The van der Waals surface area contributed by atoms with Crippen LogP contribution in [0, 0.1) is 0 Å². The predicted octanol–water partition coefficient (Wildman–Crippen LogP) is 3.09. The Bertz CT molecular complexity index is 498. The Morgan fingerprint density at radius 1 is 1.29 bits per heavy atom. The van der Waals surface area contributed by atoms with Crippen LogP contribution in [0.25, 0.3) is 0 Å². The molecule has 6 heteroatoms. The lowest BCUT2D eigenvalue weighted by Gasteiger charge is -2.25. The molecule has 0 aliphatic carbocycles. The molecular weight excluding hydrogens is 283 g/mol. The molecule has 0 saturated carbocycles. The Hall–Kier alpha value is -1.56. The number of amides is 1. The molecule has 3 nitrogen and oxygen atoms in total. The van der Waals surface area contributed by atoms with Gasteiger partial charge < -0.3 is 10.4 Å². The summed E-state index contributed by atoms with van der Waals surface area (Å²) in [5, 5.41) is 11.7. The molecular formula is C15H20F3NO2. The van der Waals surface area contributed by atoms with Crippen molar-refractivity contribution in [2.24, 2.45) is 0 Å². The maximum absolute atomic E-state index is 12.9. The quantitative estimate of drug-likeness (QED) is 0.878. The van der Waals surface area contributed by atoms with Crippen LogP contribution in [0.3, 0.4) is 0 Å². The zero-order valence-electron chi connectivity index (χ0n) is 12.3. The van der Waals surface area contributed by atoms with E-state index in [2.05, 4.69) is 5.32 Å². The monoisotopic (exact) mass is 303 g/mol. The highest BCUT2D eigenvalue weighted by molar-refractivity contribution is 5.77. The van der Waals surface area contributed by atoms with Gasteiger partial charge in [0, 0.05) is 6.42 Å². The van der Waals surface area contributed by atoms with Crippen molar-refractivity contribution in [3.8, 4) is 0 Å². The van der Waals surface area contributed by atoms with E-state index < -0.39 is 29.1 Å². The van der Waals surface area contributed by atoms with E-state index in [-0.39, 0.29) is 18.6 Å². The van der Waals surface area contributed by atoms with Gasteiger partial charge in [0.05, 0.1) is 17.7 Å². The SMILES string of the molecule is CC(CC(=O)NC(C)(C)CO)c1ccccc1C(F)(F)F. The zero-order chi connectivity index (χ0) is 16.3. The number of hydrogen-bond donors (Lipinski definition) is 2. The largest absolute Gasteiger partial charge is 0.416 e. The van der Waals surface area contributed by atoms with Crippen LogP contribution in [0.4, 0.5) is 13.2 Å². The molecule has 118 valence electrons. The van der Waals surface area contributed by atoms with Gasteiger partial charge in [-0.15, -0.1) is 0 Å². The number of nitrogens with one attached hydrogen (secondary N) is 1. The number of hydrogen-bond acceptors (Lipinski definition) is 2. The first-order chi connectivity index (χ1) is 9.57. The summed E-state index contributed by atoms with van der Waals surface area (Å²) in [7, 11) is 0. The molecule has 2 N–H and O–H groups in total. The van der Waals surface area contributed by atoms with Crippen LogP contribution in [0.2, 0.25) is 0 Å². The highest BCUT2D eigenvalue weighted by Crippen LogP contribution is 2.35. The van der Waals surface area contributed by atoms with Crippen molar-refractivity contribution in [3.63, 3.8) is 0 Å². The average Bonchev–Trinajstić information content (AvgIpc) is 2.37. The van der Waals surface area contributed by atoms with Gasteiger partial charge >= 0.3 is 6.18 Å². The van der Waals surface area contributed by atoms with Gasteiger partial charge in [-0.25, -0.2) is 0 Å². The standard InChI is InChI=1S/C15H20F3NO2/c1-10(8-13(21)19-14(2,3)9-20)11-6-4-5-7-12(11)15(16,17)18/h4-7,10,20H,8-9H2,1-3H3,(H,19,21). The first kappa shape index (κ1) is 17.5. The second kappa shape index (κ2) is 6.47. The molecule has 1 rings (SSSR count). The van der Waals surface area contributed by atoms with Gasteiger partial charge in [0.2, 0.25) is 5.91 Å². The maximum atomic E-state index is 12.9. The summed E-state index contributed by atoms with van der Waals surface area (Å²) in [6.45, 7) is 4.61. The summed E-state index contributed by atoms with van der Waals surface area (Å²) in [4.78, 5) is 11.9. The van der Waals surface area contributed by atoms with Crippen molar-refractivity contribution in [2.75, 3.05) is 6.61 Å². The van der Waals surface area contributed by atoms with E-state index in [4.69, 9.17) is 5.11 Å². The molecule has 1 aromatic rings. The highest BCUT2D eigenvalue weighted by Gasteiger charge is 2.34. The Labute approximate surface area is 122 Å². The molecule has 0 aliphatic heterocycles. The molecule has 1 aromatic carbocycles. The zero-order valence-corrected chi connectivity index (χ0v) is 12.3. The van der Waals surface area contributed by atoms with E-state index in [1.165, 1.54) is 18.2 Å². The lowest BCUT2D eigenvalue weighted by Crippen LogP contribution is -2.46. The smallest absolute Gasteiger partial charge is 0.394 e. The predicted molar refractivity (Wildman–Crippen MR) is 73.8 cm³/mol. The number of halogens is 3. The first-order valence-electron chi connectivity index (χ1n) is 6.65. The van der Waals surface area contributed by atoms with E-state index in [0.29, 0.717) is 0 Å². The molecule has 0 heterocycles. The Kier molecular flexibility index (Phi) is 5.39. The molecule has 0 spiro atoms. The minimum atomic E-state index is -4.44. The Balaban J connectivity index is 2.86. The minimum absolute atomic E-state index is 0.0729. The van der Waals surface area contributed by atoms with Crippen LogP contribution >= 0.6 is 0 Å². The lowest BCUT2D eigenvalue weighted by atomic mass is 9.92. The lowest BCUT2D eigenvalue weighted by molar-refractivity contribution is -0.138. The summed E-state index contributed by atoms with van der Waals surface area (Å²) >= 11 is 0. The number of aliphatic hydroxyl groups excluding tert-OH is 1. The number of rotatable bonds is 5. The van der Waals surface area contributed by atoms with Gasteiger partial charge in [-0.3, -0.25) is 4.79 Å². The number of carbonyl (C=O) groups is 1. The van der Waals surface area contributed by atoms with Crippen molar-refractivity contribution < 1.29 is 23.1 Å². The third kappa shape index (κ3) is 5.04. The van der Waals surface area contributed by atoms with E-state index in [9.17, 15) is 18.0 Å². The molecule has 1 atom stereocenters. The number of aliphatic hydroxyl groups is 1. The first-order valence-corrected chi connectivity index (χ1v) is 6.65. The Morgan fingerprint density at radius 3 is 2.38 bits per heavy atom.